The summed E-state index contributed by atoms with van der Waals surface area (Å²) >= 11 is 0. The van der Waals surface area contributed by atoms with E-state index in [9.17, 15) is 0 Å². The number of nitrogens with zero attached hydrogens (tertiary/aromatic N) is 2. The van der Waals surface area contributed by atoms with Crippen LogP contribution in [0.1, 0.15) is 36.6 Å². The Balaban J connectivity index is 2.09. The van der Waals surface area contributed by atoms with Crippen molar-refractivity contribution in [3.05, 3.63) is 71.8 Å². The van der Waals surface area contributed by atoms with E-state index >= 15 is 4.48 Å². The van der Waals surface area contributed by atoms with Crippen LogP contribution in [0.3, 0.4) is 0 Å². The van der Waals surface area contributed by atoms with Crippen LogP contribution in [0.5, 0.6) is 0 Å². The summed E-state index contributed by atoms with van der Waals surface area (Å²) in [6.45, 7) is 3.96. The van der Waals surface area contributed by atoms with Gasteiger partial charge in [0.15, 0.2) is 6.04 Å². The summed E-state index contributed by atoms with van der Waals surface area (Å²) in [5, 5.41) is 0. The Morgan fingerprint density at radius 1 is 1.00 bits per heavy atom. The molecule has 0 aliphatic carbocycles. The molecule has 23 heavy (non-hydrogen) atoms. The second-order valence-corrected chi connectivity index (χ2v) is 6.56. The van der Waals surface area contributed by atoms with Crippen LogP contribution in [0.25, 0.3) is 0 Å². The van der Waals surface area contributed by atoms with Gasteiger partial charge in [0.2, 0.25) is 0 Å². The molecule has 1 aliphatic heterocycles. The summed E-state index contributed by atoms with van der Waals surface area (Å²) in [5.74, 6) is 0. The summed E-state index contributed by atoms with van der Waals surface area (Å²) < 4.78 is 15.6. The van der Waals surface area contributed by atoms with Crippen LogP contribution in [-0.2, 0) is 0 Å². The predicted octanol–water partition coefficient (Wildman–Crippen LogP) is 4.53. The second-order valence-electron chi connectivity index (χ2n) is 6.56. The van der Waals surface area contributed by atoms with E-state index in [0.29, 0.717) is 13.1 Å². The van der Waals surface area contributed by atoms with Gasteiger partial charge in [0.05, 0.1) is 12.6 Å². The maximum atomic E-state index is 15.9. The molecule has 1 fully saturated rings. The molecule has 3 unspecified atom stereocenters. The van der Waals surface area contributed by atoms with Gasteiger partial charge in [-0.15, -0.1) is 4.71 Å². The summed E-state index contributed by atoms with van der Waals surface area (Å²) in [6, 6.07) is 20.4. The summed E-state index contributed by atoms with van der Waals surface area (Å²) in [7, 11) is 2.11. The molecule has 0 aromatic heterocycles. The lowest BCUT2D eigenvalue weighted by Crippen LogP contribution is -2.57. The topological polar surface area (TPSA) is 3.24 Å². The largest absolute Gasteiger partial charge is 0.288 e. The number of quaternary nitrogens is 1. The maximum absolute atomic E-state index is 15.9. The van der Waals surface area contributed by atoms with E-state index in [-0.39, 0.29) is 16.8 Å². The lowest BCUT2D eigenvalue weighted by atomic mass is 9.88. The smallest absolute Gasteiger partial charge is 0.170 e. The van der Waals surface area contributed by atoms with E-state index in [1.165, 1.54) is 5.56 Å². The van der Waals surface area contributed by atoms with Crippen molar-refractivity contribution in [2.75, 3.05) is 26.7 Å². The molecule has 1 heterocycles. The Hall–Kier alpha value is -1.71. The van der Waals surface area contributed by atoms with Gasteiger partial charge in [-0.1, -0.05) is 67.6 Å². The molecule has 2 nitrogen and oxygen atoms in total. The number of benzene rings is 2. The van der Waals surface area contributed by atoms with Gasteiger partial charge >= 0.3 is 0 Å². The van der Waals surface area contributed by atoms with Crippen LogP contribution in [0.2, 0.25) is 0 Å². The normalized spacial score (nSPS) is 28.7. The van der Waals surface area contributed by atoms with E-state index in [0.717, 1.165) is 18.5 Å². The van der Waals surface area contributed by atoms with Gasteiger partial charge in [-0.3, -0.25) is 4.90 Å². The number of halogens is 1. The van der Waals surface area contributed by atoms with Gasteiger partial charge in [-0.2, -0.15) is 0 Å². The van der Waals surface area contributed by atoms with Crippen molar-refractivity contribution < 1.29 is 9.19 Å². The summed E-state index contributed by atoms with van der Waals surface area (Å²) in [5.41, 5.74) is 2.28. The zero-order chi connectivity index (χ0) is 16.3. The zero-order valence-electron chi connectivity index (χ0n) is 14.0. The standard InChI is InChI=1S/C20H26FN2/c1-3-15-23(21)16-14-22(2)19(17-10-6-4-7-11-17)20(23)18-12-8-5-9-13-18/h4-13,19-20H,3,14-16H2,1-2H3/q+1. The molecule has 3 heteroatoms. The SMILES string of the molecule is CCC[N+]1(F)CCN(C)C(c2ccccc2)C1c1ccccc1. The third kappa shape index (κ3) is 3.17. The highest BCUT2D eigenvalue weighted by Gasteiger charge is 2.50. The second kappa shape index (κ2) is 6.81. The fourth-order valence-electron chi connectivity index (χ4n) is 3.91. The van der Waals surface area contributed by atoms with E-state index in [1.807, 2.05) is 36.4 Å². The minimum Gasteiger partial charge on any atom is -0.288 e. The number of likely N-dealkylation sites (N-methyl/N-ethyl adjacent to an activating group) is 1. The molecule has 0 amide bonds. The van der Waals surface area contributed by atoms with E-state index in [1.54, 1.807) is 0 Å². The van der Waals surface area contributed by atoms with Gasteiger partial charge in [-0.25, -0.2) is 0 Å². The van der Waals surface area contributed by atoms with Gasteiger partial charge in [0.25, 0.3) is 0 Å². The average Bonchev–Trinajstić information content (AvgIpc) is 2.58. The molecule has 1 saturated heterocycles. The Morgan fingerprint density at radius 2 is 1.57 bits per heavy atom. The van der Waals surface area contributed by atoms with Crippen LogP contribution in [0.15, 0.2) is 60.7 Å². The minimum atomic E-state index is -0.371. The molecule has 0 bridgehead atoms. The summed E-state index contributed by atoms with van der Waals surface area (Å²) in [4.78, 5) is 2.30. The molecule has 0 N–H and O–H groups in total. The van der Waals surface area contributed by atoms with Crippen LogP contribution >= 0.6 is 0 Å². The number of hydrogen-bond acceptors (Lipinski definition) is 1. The molecule has 1 aliphatic rings. The van der Waals surface area contributed by atoms with Crippen molar-refractivity contribution in [1.82, 2.24) is 4.90 Å². The Labute approximate surface area is 138 Å². The first-order valence-electron chi connectivity index (χ1n) is 8.52. The molecule has 0 radical (unpaired) electrons. The highest BCUT2D eigenvalue weighted by atomic mass is 19.2. The highest BCUT2D eigenvalue weighted by molar-refractivity contribution is 5.27. The first kappa shape index (κ1) is 16.2. The lowest BCUT2D eigenvalue weighted by molar-refractivity contribution is -1.09. The molecule has 122 valence electrons. The highest BCUT2D eigenvalue weighted by Crippen LogP contribution is 2.45. The molecule has 3 rings (SSSR count). The van der Waals surface area contributed by atoms with Crippen molar-refractivity contribution >= 4 is 0 Å². The Bertz CT molecular complexity index is 616. The third-order valence-corrected chi connectivity index (χ3v) is 4.97. The fraction of sp³-hybridized carbons (Fsp3) is 0.400. The van der Waals surface area contributed by atoms with Gasteiger partial charge in [-0.05, 0) is 23.5 Å². The first-order valence-corrected chi connectivity index (χ1v) is 8.52. The number of hydrogen-bond donors (Lipinski definition) is 0. The third-order valence-electron chi connectivity index (χ3n) is 4.97. The monoisotopic (exact) mass is 313 g/mol. The van der Waals surface area contributed by atoms with Gasteiger partial charge in [0, 0.05) is 5.56 Å². The predicted molar refractivity (Wildman–Crippen MR) is 92.4 cm³/mol. The fourth-order valence-corrected chi connectivity index (χ4v) is 3.91. The maximum Gasteiger partial charge on any atom is 0.170 e. The Morgan fingerprint density at radius 3 is 2.13 bits per heavy atom. The quantitative estimate of drug-likeness (QED) is 0.750. The first-order chi connectivity index (χ1) is 11.2. The van der Waals surface area contributed by atoms with Crippen molar-refractivity contribution in [2.24, 2.45) is 0 Å². The molecule has 0 saturated carbocycles. The molecule has 3 atom stereocenters. The Kier molecular flexibility index (Phi) is 4.79. The van der Waals surface area contributed by atoms with Crippen molar-refractivity contribution in [3.63, 3.8) is 0 Å². The van der Waals surface area contributed by atoms with E-state index < -0.39 is 0 Å². The molecular formula is C20H26FN2+. The van der Waals surface area contributed by atoms with E-state index in [4.69, 9.17) is 0 Å². The van der Waals surface area contributed by atoms with Crippen LogP contribution < -0.4 is 0 Å². The van der Waals surface area contributed by atoms with Crippen molar-refractivity contribution in [2.45, 2.75) is 25.4 Å². The molecule has 0 spiro atoms. The number of rotatable bonds is 4. The van der Waals surface area contributed by atoms with E-state index in [2.05, 4.69) is 43.1 Å². The summed E-state index contributed by atoms with van der Waals surface area (Å²) in [6.07, 6.45) is 0.852. The van der Waals surface area contributed by atoms with Crippen molar-refractivity contribution in [1.29, 1.82) is 0 Å². The van der Waals surface area contributed by atoms with Crippen LogP contribution in [0.4, 0.5) is 4.48 Å². The molecule has 2 aromatic rings. The molecular weight excluding hydrogens is 287 g/mol. The van der Waals surface area contributed by atoms with Gasteiger partial charge in [0.1, 0.15) is 13.1 Å². The van der Waals surface area contributed by atoms with Crippen LogP contribution in [0, 0.1) is 0 Å². The number of piperazine rings is 1. The van der Waals surface area contributed by atoms with Crippen LogP contribution in [-0.4, -0.2) is 36.3 Å². The van der Waals surface area contributed by atoms with Crippen molar-refractivity contribution in [3.8, 4) is 0 Å². The van der Waals surface area contributed by atoms with Gasteiger partial charge < -0.3 is 0 Å². The minimum absolute atomic E-state index is 0.0592. The molecule has 2 aromatic carbocycles. The average molecular weight is 313 g/mol. The lowest BCUT2D eigenvalue weighted by Gasteiger charge is -2.46. The zero-order valence-corrected chi connectivity index (χ0v) is 14.0.